The zero-order valence-corrected chi connectivity index (χ0v) is 72.7. The van der Waals surface area contributed by atoms with E-state index in [9.17, 15) is 0 Å². The van der Waals surface area contributed by atoms with Crippen molar-refractivity contribution in [3.8, 4) is 0 Å². The van der Waals surface area contributed by atoms with Crippen molar-refractivity contribution >= 4 is 120 Å². The molecule has 0 N–H and O–H groups in total. The van der Waals surface area contributed by atoms with Crippen molar-refractivity contribution in [3.05, 3.63) is 368 Å². The van der Waals surface area contributed by atoms with Gasteiger partial charge in [0.2, 0.25) is 0 Å². The highest BCUT2D eigenvalue weighted by Gasteiger charge is 2.42. The fraction of sp³-hybridized carbons (Fsp3) is 0.204. The number of benzene rings is 9. The minimum absolute atomic E-state index is 0.107. The monoisotopic (exact) mass is 1620 g/mol. The van der Waals surface area contributed by atoms with E-state index in [1.807, 2.05) is 67.3 Å². The minimum atomic E-state index is 0.107. The van der Waals surface area contributed by atoms with Gasteiger partial charge in [0.25, 0.3) is 0 Å². The maximum absolute atomic E-state index is 4.67. The third kappa shape index (κ3) is 15.9. The predicted octanol–water partition coefficient (Wildman–Crippen LogP) is 23.8. The van der Waals surface area contributed by atoms with Gasteiger partial charge in [0, 0.05) is 122 Å². The van der Waals surface area contributed by atoms with Crippen molar-refractivity contribution in [1.29, 1.82) is 0 Å². The van der Waals surface area contributed by atoms with Crippen LogP contribution < -0.4 is 58.8 Å². The molecule has 20 nitrogen and oxygen atoms in total. The summed E-state index contributed by atoms with van der Waals surface area (Å²) in [7, 11) is 6.26. The van der Waals surface area contributed by atoms with Gasteiger partial charge in [-0.2, -0.15) is 0 Å². The fourth-order valence-corrected chi connectivity index (χ4v) is 17.4. The Morgan fingerprint density at radius 1 is 0.163 bits per heavy atom. The van der Waals surface area contributed by atoms with E-state index in [0.29, 0.717) is 0 Å². The van der Waals surface area contributed by atoms with Crippen molar-refractivity contribution in [2.24, 2.45) is 0 Å². The maximum atomic E-state index is 4.67. The number of anilines is 21. The molecule has 9 aromatic carbocycles. The molecule has 6 atom stereocenters. The van der Waals surface area contributed by atoms with E-state index >= 15 is 0 Å². The van der Waals surface area contributed by atoms with E-state index < -0.39 is 0 Å². The molecule has 6 aromatic heterocycles. The Morgan fingerprint density at radius 2 is 0.374 bits per heavy atom. The summed E-state index contributed by atoms with van der Waals surface area (Å²) in [5.41, 5.74) is 23.0. The van der Waals surface area contributed by atoms with Gasteiger partial charge in [0.15, 0.2) is 46.5 Å². The summed E-state index contributed by atoms with van der Waals surface area (Å²) in [5, 5.41) is 0. The zero-order chi connectivity index (χ0) is 85.5. The Bertz CT molecular complexity index is 5550. The van der Waals surface area contributed by atoms with Crippen LogP contribution in [0.5, 0.6) is 0 Å². The largest absolute Gasteiger partial charge is 0.351 e. The third-order valence-electron chi connectivity index (χ3n) is 24.0. The Hall–Kier alpha value is -14.7. The summed E-state index contributed by atoms with van der Waals surface area (Å²) >= 11 is 0. The molecule has 0 bridgehead atoms. The molecule has 15 aromatic rings. The Balaban J connectivity index is 0.000000110. The number of aryl methyl sites for hydroxylation is 6. The van der Waals surface area contributed by atoms with E-state index in [4.69, 9.17) is 0 Å². The van der Waals surface area contributed by atoms with Crippen LogP contribution in [0.3, 0.4) is 0 Å². The number of aromatic nitrogens is 8. The average molecular weight is 1620 g/mol. The SMILES string of the molecule is Cc1ccccc1N1c2cccnc2N(C)[C@@H]1C.Cc1ccccc1N1c2cccnc2N(c2ccccc2)[C@@H]1C.Cc1ccccc1N1c2ncccc2N(C)[C@@H]1C.Cc1ccccc1N1c2ncccc2N(c2ccccc2)[C@@H]1C.Cc1ccccc1N1c2nccnc2N(C)[C@@H]1C.Cc1ccccc1N1c2nccnc2N(c2ccccc2)[C@@H]1C. The van der Waals surface area contributed by atoms with Crippen LogP contribution in [0.2, 0.25) is 0 Å². The lowest BCUT2D eigenvalue weighted by Crippen LogP contribution is -2.36. The first-order chi connectivity index (χ1) is 59.9. The molecule has 123 heavy (non-hydrogen) atoms. The van der Waals surface area contributed by atoms with Crippen LogP contribution in [-0.2, 0) is 0 Å². The van der Waals surface area contributed by atoms with Gasteiger partial charge in [-0.25, -0.2) is 39.9 Å². The number of rotatable bonds is 9. The lowest BCUT2D eigenvalue weighted by atomic mass is 10.1. The van der Waals surface area contributed by atoms with Gasteiger partial charge in [0.05, 0.1) is 22.7 Å². The van der Waals surface area contributed by atoms with Gasteiger partial charge in [-0.1, -0.05) is 164 Å². The molecule has 0 fully saturated rings. The topological polar surface area (TPSA) is 142 Å². The molecule has 0 aliphatic carbocycles. The second kappa shape index (κ2) is 36.1. The lowest BCUT2D eigenvalue weighted by molar-refractivity contribution is 0.726. The standard InChI is InChI=1S/2C20H19N3.C19H18N4.2C15H17N3.C14H16N4/c1-15-9-6-7-12-18(15)23-16(2)22(17-10-4-3-5-11-17)20-19(23)13-8-14-21-20;1-15-9-6-7-12-18(15)23-16(2)22(17-10-4-3-5-11-17)19-13-8-14-21-20(19)23;1-14-8-6-7-11-17(14)23-15(2)22(16-9-4-3-5-10-16)18-19(23)21-13-12-20-18;1-11-7-4-5-8-13(11)18-12(2)17(3)15-14(18)9-6-10-16-15;1-11-7-4-5-8-13(11)18-12(2)17(3)14-9-6-10-16-15(14)18;1-10-6-4-5-7-12(10)18-11(2)17(3)13-14(18)16-9-8-15-13/h2*3-14,16H,1-2H3;3-13,15H,1-2H3;2*4-10,12H,1-3H3;4-9,11H,1-3H3/t2*16-;15-;2*12-;11-/m000000/s1. The predicted molar refractivity (Wildman–Crippen MR) is 509 cm³/mol. The van der Waals surface area contributed by atoms with Crippen molar-refractivity contribution in [3.63, 3.8) is 0 Å². The van der Waals surface area contributed by atoms with E-state index in [2.05, 4.69) is 446 Å². The third-order valence-corrected chi connectivity index (χ3v) is 24.0. The quantitative estimate of drug-likeness (QED) is 0.135. The number of para-hydroxylation sites is 9. The smallest absolute Gasteiger partial charge is 0.178 e. The van der Waals surface area contributed by atoms with Crippen molar-refractivity contribution < 1.29 is 0 Å². The normalized spacial score (nSPS) is 17.2. The summed E-state index contributed by atoms with van der Waals surface area (Å²) < 4.78 is 0. The van der Waals surface area contributed by atoms with E-state index in [-0.39, 0.29) is 37.0 Å². The van der Waals surface area contributed by atoms with Crippen LogP contribution in [0.4, 0.5) is 120 Å². The first-order valence-corrected chi connectivity index (χ1v) is 42.1. The van der Waals surface area contributed by atoms with Gasteiger partial charge in [-0.3, -0.25) is 0 Å². The average Bonchev–Trinajstić information content (AvgIpc) is 1.60. The van der Waals surface area contributed by atoms with Crippen LogP contribution in [0.1, 0.15) is 74.9 Å². The van der Waals surface area contributed by atoms with Crippen molar-refractivity contribution in [2.75, 3.05) is 79.9 Å². The van der Waals surface area contributed by atoms with Gasteiger partial charge in [-0.05, 0) is 238 Å². The Kier molecular flexibility index (Phi) is 24.1. The molecule has 6 aliphatic rings. The summed E-state index contributed by atoms with van der Waals surface area (Å²) in [5.74, 6) is 7.78. The molecule has 21 rings (SSSR count). The highest BCUT2D eigenvalue weighted by molar-refractivity contribution is 5.90. The molecule has 12 heterocycles. The van der Waals surface area contributed by atoms with E-state index in [0.717, 1.165) is 69.3 Å². The van der Waals surface area contributed by atoms with E-state index in [1.54, 1.807) is 24.8 Å². The first kappa shape index (κ1) is 82.1. The van der Waals surface area contributed by atoms with Gasteiger partial charge < -0.3 is 58.8 Å². The number of hydrogen-bond donors (Lipinski definition) is 0. The highest BCUT2D eigenvalue weighted by Crippen LogP contribution is 2.52. The molecular weight excluding hydrogens is 1520 g/mol. The molecule has 0 spiro atoms. The van der Waals surface area contributed by atoms with Gasteiger partial charge in [-0.15, -0.1) is 0 Å². The second-order valence-corrected chi connectivity index (χ2v) is 31.5. The van der Waals surface area contributed by atoms with E-state index in [1.165, 1.54) is 84.6 Å². The molecular formula is C103H106N20. The van der Waals surface area contributed by atoms with Crippen molar-refractivity contribution in [1.82, 2.24) is 39.9 Å². The van der Waals surface area contributed by atoms with Crippen LogP contribution in [0, 0.1) is 41.5 Å². The number of pyridine rings is 4. The molecule has 618 valence electrons. The molecule has 6 aliphatic heterocycles. The molecule has 0 radical (unpaired) electrons. The van der Waals surface area contributed by atoms with Crippen LogP contribution in [-0.4, -0.2) is 98.0 Å². The lowest BCUT2D eigenvalue weighted by Gasteiger charge is -2.30. The molecule has 0 amide bonds. The highest BCUT2D eigenvalue weighted by atomic mass is 15.5. The molecule has 0 saturated heterocycles. The van der Waals surface area contributed by atoms with Crippen LogP contribution in [0.25, 0.3) is 0 Å². The molecule has 20 heteroatoms. The number of nitrogens with zero attached hydrogens (tertiary/aromatic N) is 20. The summed E-state index contributed by atoms with van der Waals surface area (Å²) in [6, 6.07) is 98.5. The second-order valence-electron chi connectivity index (χ2n) is 31.5. The summed E-state index contributed by atoms with van der Waals surface area (Å²) in [6.45, 7) is 26.0. The summed E-state index contributed by atoms with van der Waals surface area (Å²) in [6.07, 6.45) is 15.7. The molecule has 0 unspecified atom stereocenters. The van der Waals surface area contributed by atoms with Gasteiger partial charge >= 0.3 is 0 Å². The Labute approximate surface area is 724 Å². The Morgan fingerprint density at radius 3 is 0.780 bits per heavy atom. The number of hydrogen-bond acceptors (Lipinski definition) is 20. The van der Waals surface area contributed by atoms with Crippen LogP contribution >= 0.6 is 0 Å². The van der Waals surface area contributed by atoms with Crippen molar-refractivity contribution in [2.45, 2.75) is 120 Å². The zero-order valence-electron chi connectivity index (χ0n) is 72.7. The maximum Gasteiger partial charge on any atom is 0.178 e. The minimum Gasteiger partial charge on any atom is -0.351 e. The summed E-state index contributed by atoms with van der Waals surface area (Å²) in [4.78, 5) is 63.7. The fourth-order valence-electron chi connectivity index (χ4n) is 17.4. The molecule has 0 saturated carbocycles. The van der Waals surface area contributed by atoms with Gasteiger partial charge in [0.1, 0.15) is 37.0 Å². The first-order valence-electron chi connectivity index (χ1n) is 42.1. The van der Waals surface area contributed by atoms with Crippen LogP contribution in [0.15, 0.2) is 335 Å². The number of fused-ring (bicyclic) bond motifs is 6.